The molecular weight excluding hydrogens is 248 g/mol. The van der Waals surface area contributed by atoms with E-state index in [1.165, 1.54) is 12.1 Å². The Labute approximate surface area is 108 Å². The van der Waals surface area contributed by atoms with Crippen molar-refractivity contribution < 1.29 is 9.35 Å². The van der Waals surface area contributed by atoms with Crippen molar-refractivity contribution >= 4 is 19.7 Å². The highest BCUT2D eigenvalue weighted by Crippen LogP contribution is 2.39. The number of benzene rings is 1. The SMILES string of the molecule is CC(C)(C)[Si](C)(C)Oc1ccc([N+](=O)[O-])cc1N. The van der Waals surface area contributed by atoms with Gasteiger partial charge in [0.25, 0.3) is 14.0 Å². The summed E-state index contributed by atoms with van der Waals surface area (Å²) in [6.45, 7) is 10.6. The predicted molar refractivity (Wildman–Crippen MR) is 75.3 cm³/mol. The number of nitro benzene ring substituents is 1. The topological polar surface area (TPSA) is 78.4 Å². The van der Waals surface area contributed by atoms with Crippen LogP contribution in [0, 0.1) is 10.1 Å². The molecule has 5 nitrogen and oxygen atoms in total. The minimum absolute atomic E-state index is 0.0184. The predicted octanol–water partition coefficient (Wildman–Crippen LogP) is 3.56. The normalized spacial score (nSPS) is 12.3. The van der Waals surface area contributed by atoms with Gasteiger partial charge in [0.15, 0.2) is 0 Å². The standard InChI is InChI=1S/C12H20N2O3Si/c1-12(2,3)18(4,5)17-11-7-6-9(14(15)16)8-10(11)13/h6-8H,13H2,1-5H3. The molecule has 100 valence electrons. The lowest BCUT2D eigenvalue weighted by Gasteiger charge is -2.36. The van der Waals surface area contributed by atoms with Crippen molar-refractivity contribution in [2.75, 3.05) is 5.73 Å². The molecule has 0 bridgehead atoms. The average Bonchev–Trinajstić information content (AvgIpc) is 2.18. The summed E-state index contributed by atoms with van der Waals surface area (Å²) in [5.74, 6) is 0.534. The van der Waals surface area contributed by atoms with E-state index < -0.39 is 13.2 Å². The van der Waals surface area contributed by atoms with Crippen LogP contribution < -0.4 is 10.2 Å². The summed E-state index contributed by atoms with van der Waals surface area (Å²) in [7, 11) is -1.97. The van der Waals surface area contributed by atoms with Gasteiger partial charge in [0.2, 0.25) is 0 Å². The number of rotatable bonds is 3. The molecule has 2 N–H and O–H groups in total. The zero-order valence-corrected chi connectivity index (χ0v) is 12.5. The van der Waals surface area contributed by atoms with Gasteiger partial charge in [-0.2, -0.15) is 0 Å². The largest absolute Gasteiger partial charge is 0.542 e. The van der Waals surface area contributed by atoms with E-state index in [-0.39, 0.29) is 10.7 Å². The van der Waals surface area contributed by atoms with E-state index in [9.17, 15) is 10.1 Å². The van der Waals surface area contributed by atoms with Crippen LogP contribution in [0.2, 0.25) is 18.1 Å². The fourth-order valence-electron chi connectivity index (χ4n) is 1.17. The van der Waals surface area contributed by atoms with Crippen molar-refractivity contribution in [2.24, 2.45) is 0 Å². The van der Waals surface area contributed by atoms with Crippen LogP contribution in [-0.2, 0) is 0 Å². The van der Waals surface area contributed by atoms with Gasteiger partial charge in [-0.25, -0.2) is 0 Å². The number of non-ortho nitro benzene ring substituents is 1. The minimum Gasteiger partial charge on any atom is -0.542 e. The van der Waals surface area contributed by atoms with E-state index >= 15 is 0 Å². The van der Waals surface area contributed by atoms with E-state index in [0.29, 0.717) is 11.4 Å². The highest BCUT2D eigenvalue weighted by Gasteiger charge is 2.39. The molecule has 0 fully saturated rings. The molecule has 0 aliphatic heterocycles. The molecule has 1 rings (SSSR count). The Kier molecular flexibility index (Phi) is 3.71. The second kappa shape index (κ2) is 4.60. The number of nitrogens with two attached hydrogens (primary N) is 1. The summed E-state index contributed by atoms with van der Waals surface area (Å²) in [6, 6.07) is 4.33. The van der Waals surface area contributed by atoms with Crippen LogP contribution in [0.4, 0.5) is 11.4 Å². The summed E-state index contributed by atoms with van der Waals surface area (Å²) >= 11 is 0. The van der Waals surface area contributed by atoms with Gasteiger partial charge >= 0.3 is 0 Å². The molecule has 0 spiro atoms. The molecule has 6 heteroatoms. The van der Waals surface area contributed by atoms with Crippen molar-refractivity contribution in [2.45, 2.75) is 38.9 Å². The van der Waals surface area contributed by atoms with Crippen molar-refractivity contribution in [3.05, 3.63) is 28.3 Å². The van der Waals surface area contributed by atoms with Crippen molar-refractivity contribution in [3.8, 4) is 5.75 Å². The summed E-state index contributed by atoms with van der Waals surface area (Å²) in [4.78, 5) is 10.2. The van der Waals surface area contributed by atoms with Crippen molar-refractivity contribution in [1.82, 2.24) is 0 Å². The number of anilines is 1. The van der Waals surface area contributed by atoms with Crippen LogP contribution in [0.15, 0.2) is 18.2 Å². The van der Waals surface area contributed by atoms with Crippen molar-refractivity contribution in [1.29, 1.82) is 0 Å². The maximum Gasteiger partial charge on any atom is 0.271 e. The lowest BCUT2D eigenvalue weighted by atomic mass is 10.2. The van der Waals surface area contributed by atoms with E-state index in [2.05, 4.69) is 33.9 Å². The highest BCUT2D eigenvalue weighted by molar-refractivity contribution is 6.74. The third-order valence-electron chi connectivity index (χ3n) is 3.38. The molecule has 1 aromatic rings. The fraction of sp³-hybridized carbons (Fsp3) is 0.500. The van der Waals surface area contributed by atoms with Gasteiger partial charge in [0, 0.05) is 12.1 Å². The van der Waals surface area contributed by atoms with Crippen LogP contribution in [0.5, 0.6) is 5.75 Å². The molecular formula is C12H20N2O3Si. The monoisotopic (exact) mass is 268 g/mol. The molecule has 0 unspecified atom stereocenters. The maximum atomic E-state index is 10.6. The highest BCUT2D eigenvalue weighted by atomic mass is 28.4. The Bertz CT molecular complexity index is 467. The second-order valence-electron chi connectivity index (χ2n) is 5.84. The second-order valence-corrected chi connectivity index (χ2v) is 10.6. The van der Waals surface area contributed by atoms with Gasteiger partial charge in [0.05, 0.1) is 10.6 Å². The van der Waals surface area contributed by atoms with Gasteiger partial charge in [-0.1, -0.05) is 20.8 Å². The maximum absolute atomic E-state index is 10.6. The molecule has 0 aromatic heterocycles. The number of hydrogen-bond donors (Lipinski definition) is 1. The quantitative estimate of drug-likeness (QED) is 0.393. The van der Waals surface area contributed by atoms with Crippen LogP contribution in [0.25, 0.3) is 0 Å². The Hall–Kier alpha value is -1.56. The number of hydrogen-bond acceptors (Lipinski definition) is 4. The van der Waals surface area contributed by atoms with Gasteiger partial charge < -0.3 is 10.2 Å². The summed E-state index contributed by atoms with van der Waals surface area (Å²) in [5, 5.41) is 10.7. The van der Waals surface area contributed by atoms with Gasteiger partial charge in [-0.05, 0) is 24.2 Å². The number of nitrogens with zero attached hydrogens (tertiary/aromatic N) is 1. The Morgan fingerprint density at radius 3 is 2.28 bits per heavy atom. The first kappa shape index (κ1) is 14.5. The molecule has 0 saturated heterocycles. The third kappa shape index (κ3) is 3.01. The Balaban J connectivity index is 3.03. The molecule has 0 amide bonds. The lowest BCUT2D eigenvalue weighted by Crippen LogP contribution is -2.44. The van der Waals surface area contributed by atoms with Crippen LogP contribution in [-0.4, -0.2) is 13.2 Å². The average molecular weight is 268 g/mol. The van der Waals surface area contributed by atoms with Crippen LogP contribution >= 0.6 is 0 Å². The van der Waals surface area contributed by atoms with E-state index in [4.69, 9.17) is 10.2 Å². The van der Waals surface area contributed by atoms with Crippen LogP contribution in [0.1, 0.15) is 20.8 Å². The van der Waals surface area contributed by atoms with Gasteiger partial charge in [-0.3, -0.25) is 10.1 Å². The lowest BCUT2D eigenvalue weighted by molar-refractivity contribution is -0.384. The molecule has 0 aliphatic rings. The Morgan fingerprint density at radius 2 is 1.89 bits per heavy atom. The zero-order valence-electron chi connectivity index (χ0n) is 11.5. The number of nitrogen functional groups attached to an aromatic ring is 1. The summed E-state index contributed by atoms with van der Waals surface area (Å²) in [5.41, 5.74) is 6.10. The van der Waals surface area contributed by atoms with E-state index in [1.54, 1.807) is 6.07 Å². The summed E-state index contributed by atoms with van der Waals surface area (Å²) in [6.07, 6.45) is 0. The van der Waals surface area contributed by atoms with E-state index in [1.807, 2.05) is 0 Å². The van der Waals surface area contributed by atoms with Gasteiger partial charge in [-0.15, -0.1) is 0 Å². The zero-order chi connectivity index (χ0) is 14.1. The third-order valence-corrected chi connectivity index (χ3v) is 7.72. The van der Waals surface area contributed by atoms with E-state index in [0.717, 1.165) is 0 Å². The number of nitro groups is 1. The Morgan fingerprint density at radius 1 is 1.33 bits per heavy atom. The van der Waals surface area contributed by atoms with Gasteiger partial charge in [0.1, 0.15) is 5.75 Å². The van der Waals surface area contributed by atoms with Crippen LogP contribution in [0.3, 0.4) is 0 Å². The molecule has 18 heavy (non-hydrogen) atoms. The molecule has 0 aliphatic carbocycles. The first-order valence-corrected chi connectivity index (χ1v) is 8.68. The molecule has 0 saturated carbocycles. The van der Waals surface area contributed by atoms with Crippen molar-refractivity contribution in [3.63, 3.8) is 0 Å². The first-order valence-electron chi connectivity index (χ1n) is 5.77. The molecule has 0 atom stereocenters. The minimum atomic E-state index is -1.97. The molecule has 1 aromatic carbocycles. The summed E-state index contributed by atoms with van der Waals surface area (Å²) < 4.78 is 6.02. The molecule has 0 heterocycles. The smallest absolute Gasteiger partial charge is 0.271 e. The molecule has 0 radical (unpaired) electrons. The first-order chi connectivity index (χ1) is 8.04. The fourth-order valence-corrected chi connectivity index (χ4v) is 2.21.